The van der Waals surface area contributed by atoms with Gasteiger partial charge in [0, 0.05) is 16.6 Å². The molecule has 0 radical (unpaired) electrons. The molecule has 1 N–H and O–H groups in total. The number of benzene rings is 1. The van der Waals surface area contributed by atoms with E-state index >= 15 is 0 Å². The number of aromatic nitrogens is 1. The number of hydrogen-bond donors (Lipinski definition) is 1. The fourth-order valence-electron chi connectivity index (χ4n) is 1.60. The number of nitrogens with zero attached hydrogens (tertiary/aromatic N) is 1. The molecule has 13 heavy (non-hydrogen) atoms. The molecule has 0 amide bonds. The van der Waals surface area contributed by atoms with Crippen LogP contribution < -0.4 is 0 Å². The van der Waals surface area contributed by atoms with Crippen LogP contribution in [-0.4, -0.2) is 4.98 Å². The number of aryl methyl sites for hydroxylation is 1. The van der Waals surface area contributed by atoms with Crippen molar-refractivity contribution in [2.75, 3.05) is 0 Å². The van der Waals surface area contributed by atoms with Crippen LogP contribution in [0.2, 0.25) is 0 Å². The lowest BCUT2D eigenvalue weighted by atomic mass is 10.1. The maximum absolute atomic E-state index is 8.63. The average molecular weight is 170 g/mol. The molecule has 0 spiro atoms. The van der Waals surface area contributed by atoms with Gasteiger partial charge in [0.25, 0.3) is 0 Å². The largest absolute Gasteiger partial charge is 0.359 e. The fraction of sp³-hybridized carbons (Fsp3) is 0.182. The Balaban J connectivity index is 2.69. The van der Waals surface area contributed by atoms with Gasteiger partial charge in [0.15, 0.2) is 0 Å². The number of rotatable bonds is 1. The molecule has 0 saturated carbocycles. The van der Waals surface area contributed by atoms with Crippen molar-refractivity contribution in [2.45, 2.75) is 13.3 Å². The molecule has 0 atom stereocenters. The fourth-order valence-corrected chi connectivity index (χ4v) is 1.60. The molecule has 2 aromatic rings. The van der Waals surface area contributed by atoms with Crippen molar-refractivity contribution >= 4 is 10.9 Å². The van der Waals surface area contributed by atoms with Gasteiger partial charge in [-0.2, -0.15) is 5.26 Å². The van der Waals surface area contributed by atoms with Gasteiger partial charge in [0.1, 0.15) is 0 Å². The molecular weight excluding hydrogens is 160 g/mol. The summed E-state index contributed by atoms with van der Waals surface area (Å²) in [6, 6.07) is 10.3. The molecule has 1 aromatic heterocycles. The summed E-state index contributed by atoms with van der Waals surface area (Å²) in [6.07, 6.45) is 0.481. The second-order valence-corrected chi connectivity index (χ2v) is 3.17. The molecule has 0 bridgehead atoms. The van der Waals surface area contributed by atoms with Crippen molar-refractivity contribution in [1.82, 2.24) is 4.98 Å². The first-order chi connectivity index (χ1) is 6.31. The number of H-pyrrole nitrogens is 1. The smallest absolute Gasteiger partial charge is 0.0669 e. The lowest BCUT2D eigenvalue weighted by Crippen LogP contribution is -1.81. The molecule has 1 aromatic carbocycles. The van der Waals surface area contributed by atoms with Gasteiger partial charge in [-0.25, -0.2) is 0 Å². The van der Waals surface area contributed by atoms with Crippen LogP contribution in [0, 0.1) is 18.3 Å². The Bertz CT molecular complexity index is 474. The first-order valence-electron chi connectivity index (χ1n) is 4.25. The third-order valence-electron chi connectivity index (χ3n) is 2.16. The highest BCUT2D eigenvalue weighted by atomic mass is 14.7. The molecule has 64 valence electrons. The van der Waals surface area contributed by atoms with Gasteiger partial charge < -0.3 is 4.98 Å². The van der Waals surface area contributed by atoms with Crippen molar-refractivity contribution in [3.05, 3.63) is 35.5 Å². The van der Waals surface area contributed by atoms with E-state index < -0.39 is 0 Å². The molecule has 0 aliphatic heterocycles. The minimum Gasteiger partial charge on any atom is -0.359 e. The maximum atomic E-state index is 8.63. The summed E-state index contributed by atoms with van der Waals surface area (Å²) >= 11 is 0. The van der Waals surface area contributed by atoms with Crippen LogP contribution >= 0.6 is 0 Å². The van der Waals surface area contributed by atoms with E-state index in [0.29, 0.717) is 6.42 Å². The third kappa shape index (κ3) is 1.29. The number of nitriles is 1. The summed E-state index contributed by atoms with van der Waals surface area (Å²) in [4.78, 5) is 3.25. The van der Waals surface area contributed by atoms with E-state index in [4.69, 9.17) is 5.26 Å². The van der Waals surface area contributed by atoms with Crippen LogP contribution in [0.25, 0.3) is 10.9 Å². The predicted octanol–water partition coefficient (Wildman–Crippen LogP) is 2.54. The lowest BCUT2D eigenvalue weighted by molar-refractivity contribution is 1.29. The van der Waals surface area contributed by atoms with E-state index in [9.17, 15) is 0 Å². The van der Waals surface area contributed by atoms with Crippen LogP contribution in [0.1, 0.15) is 11.3 Å². The van der Waals surface area contributed by atoms with Crippen molar-refractivity contribution in [3.8, 4) is 6.07 Å². The first-order valence-corrected chi connectivity index (χ1v) is 4.25. The molecule has 2 heteroatoms. The van der Waals surface area contributed by atoms with Crippen LogP contribution in [-0.2, 0) is 6.42 Å². The Kier molecular flexibility index (Phi) is 1.79. The van der Waals surface area contributed by atoms with Gasteiger partial charge in [-0.05, 0) is 24.6 Å². The minimum absolute atomic E-state index is 0.481. The highest BCUT2D eigenvalue weighted by Gasteiger charge is 2.01. The quantitative estimate of drug-likeness (QED) is 0.701. The van der Waals surface area contributed by atoms with E-state index in [1.54, 1.807) is 0 Å². The van der Waals surface area contributed by atoms with Crippen LogP contribution in [0.4, 0.5) is 0 Å². The average Bonchev–Trinajstić information content (AvgIpc) is 2.47. The standard InChI is InChI=1S/C11H10N2/c1-8-7-10-9(5-6-12)3-2-4-11(10)13-8/h2-4,7,13H,5H2,1H3. The zero-order chi connectivity index (χ0) is 9.26. The van der Waals surface area contributed by atoms with E-state index in [0.717, 1.165) is 16.8 Å². The highest BCUT2D eigenvalue weighted by molar-refractivity contribution is 5.84. The topological polar surface area (TPSA) is 39.6 Å². The van der Waals surface area contributed by atoms with Crippen molar-refractivity contribution in [1.29, 1.82) is 5.26 Å². The summed E-state index contributed by atoms with van der Waals surface area (Å²) < 4.78 is 0. The molecular formula is C11H10N2. The van der Waals surface area contributed by atoms with E-state index in [1.165, 1.54) is 5.39 Å². The van der Waals surface area contributed by atoms with Crippen LogP contribution in [0.15, 0.2) is 24.3 Å². The van der Waals surface area contributed by atoms with E-state index in [-0.39, 0.29) is 0 Å². The normalized spacial score (nSPS) is 10.2. The number of nitrogens with one attached hydrogen (secondary N) is 1. The molecule has 0 unspecified atom stereocenters. The van der Waals surface area contributed by atoms with Gasteiger partial charge in [-0.1, -0.05) is 12.1 Å². The Morgan fingerprint density at radius 2 is 2.31 bits per heavy atom. The van der Waals surface area contributed by atoms with Gasteiger partial charge in [-0.15, -0.1) is 0 Å². The van der Waals surface area contributed by atoms with Gasteiger partial charge in [0.2, 0.25) is 0 Å². The van der Waals surface area contributed by atoms with E-state index in [2.05, 4.69) is 17.1 Å². The molecule has 2 rings (SSSR count). The summed E-state index contributed by atoms with van der Waals surface area (Å²) in [6.45, 7) is 2.02. The van der Waals surface area contributed by atoms with Crippen LogP contribution in [0.3, 0.4) is 0 Å². The highest BCUT2D eigenvalue weighted by Crippen LogP contribution is 2.19. The van der Waals surface area contributed by atoms with Gasteiger partial charge >= 0.3 is 0 Å². The van der Waals surface area contributed by atoms with Crippen molar-refractivity contribution < 1.29 is 0 Å². The molecule has 0 aliphatic rings. The van der Waals surface area contributed by atoms with E-state index in [1.807, 2.05) is 25.1 Å². The summed E-state index contributed by atoms with van der Waals surface area (Å²) in [5.41, 5.74) is 3.36. The SMILES string of the molecule is Cc1cc2c(CC#N)cccc2[nH]1. The third-order valence-corrected chi connectivity index (χ3v) is 2.16. The molecule has 2 nitrogen and oxygen atoms in total. The lowest BCUT2D eigenvalue weighted by Gasteiger charge is -1.95. The summed E-state index contributed by atoms with van der Waals surface area (Å²) in [7, 11) is 0. The van der Waals surface area contributed by atoms with Crippen molar-refractivity contribution in [2.24, 2.45) is 0 Å². The maximum Gasteiger partial charge on any atom is 0.0669 e. The molecule has 0 saturated heterocycles. The molecule has 1 heterocycles. The van der Waals surface area contributed by atoms with Crippen molar-refractivity contribution in [3.63, 3.8) is 0 Å². The second-order valence-electron chi connectivity index (χ2n) is 3.17. The van der Waals surface area contributed by atoms with Crippen LogP contribution in [0.5, 0.6) is 0 Å². The minimum atomic E-state index is 0.481. The molecule has 0 aliphatic carbocycles. The molecule has 0 fully saturated rings. The Hall–Kier alpha value is -1.75. The Morgan fingerprint density at radius 1 is 1.46 bits per heavy atom. The number of aromatic amines is 1. The Morgan fingerprint density at radius 3 is 3.08 bits per heavy atom. The number of fused-ring (bicyclic) bond motifs is 1. The zero-order valence-corrected chi connectivity index (χ0v) is 7.46. The Labute approximate surface area is 76.8 Å². The van der Waals surface area contributed by atoms with Gasteiger partial charge in [0.05, 0.1) is 12.5 Å². The summed E-state index contributed by atoms with van der Waals surface area (Å²) in [5.74, 6) is 0. The monoisotopic (exact) mass is 170 g/mol. The predicted molar refractivity (Wildman–Crippen MR) is 52.4 cm³/mol. The first kappa shape index (κ1) is 7.88. The van der Waals surface area contributed by atoms with Gasteiger partial charge in [-0.3, -0.25) is 0 Å². The number of hydrogen-bond acceptors (Lipinski definition) is 1. The zero-order valence-electron chi connectivity index (χ0n) is 7.46. The summed E-state index contributed by atoms with van der Waals surface area (Å²) in [5, 5.41) is 9.79. The second kappa shape index (κ2) is 2.95.